The number of nitrogens with one attached hydrogen (secondary N) is 1. The summed E-state index contributed by atoms with van der Waals surface area (Å²) >= 11 is 6.37. The molecule has 3 rings (SSSR count). The predicted octanol–water partition coefficient (Wildman–Crippen LogP) is 3.14. The third-order valence-electron chi connectivity index (χ3n) is 4.07. The fraction of sp³-hybridized carbons (Fsp3) is 0.294. The van der Waals surface area contributed by atoms with Crippen LogP contribution in [-0.2, 0) is 16.6 Å². The first kappa shape index (κ1) is 16.5. The summed E-state index contributed by atoms with van der Waals surface area (Å²) < 4.78 is 29.4. The highest BCUT2D eigenvalue weighted by atomic mass is 35.5. The molecule has 2 aromatic carbocycles. The van der Waals surface area contributed by atoms with Crippen molar-refractivity contribution in [1.82, 2.24) is 9.03 Å². The summed E-state index contributed by atoms with van der Waals surface area (Å²) in [6.07, 6.45) is 0.696. The summed E-state index contributed by atoms with van der Waals surface area (Å²) in [5, 5.41) is 0.575. The Hall–Kier alpha value is -1.40. The molecule has 0 amide bonds. The molecule has 23 heavy (non-hydrogen) atoms. The van der Waals surface area contributed by atoms with Gasteiger partial charge in [0.05, 0.1) is 6.04 Å². The minimum absolute atomic E-state index is 0.357. The maximum atomic E-state index is 12.7. The van der Waals surface area contributed by atoms with E-state index in [4.69, 9.17) is 11.6 Å². The zero-order valence-electron chi connectivity index (χ0n) is 12.9. The van der Waals surface area contributed by atoms with Gasteiger partial charge < -0.3 is 0 Å². The van der Waals surface area contributed by atoms with Crippen molar-refractivity contribution >= 4 is 21.8 Å². The largest absolute Gasteiger partial charge is 0.280 e. The Kier molecular flexibility index (Phi) is 4.73. The first-order valence-corrected chi connectivity index (χ1v) is 9.45. The lowest BCUT2D eigenvalue weighted by Gasteiger charge is -2.36. The third-order valence-corrected chi connectivity index (χ3v) is 6.08. The van der Waals surface area contributed by atoms with Gasteiger partial charge in [-0.2, -0.15) is 12.7 Å². The first-order chi connectivity index (χ1) is 11.0. The van der Waals surface area contributed by atoms with Crippen LogP contribution >= 0.6 is 11.6 Å². The molecule has 0 aromatic heterocycles. The Morgan fingerprint density at radius 2 is 1.78 bits per heavy atom. The first-order valence-electron chi connectivity index (χ1n) is 7.63. The van der Waals surface area contributed by atoms with Crippen LogP contribution in [0.15, 0.2) is 48.5 Å². The Morgan fingerprint density at radius 1 is 1.13 bits per heavy atom. The van der Waals surface area contributed by atoms with Crippen LogP contribution in [0, 0.1) is 0 Å². The third kappa shape index (κ3) is 3.15. The molecule has 122 valence electrons. The molecule has 1 aliphatic rings. The number of hydrogen-bond acceptors (Lipinski definition) is 2. The molecule has 4 nitrogen and oxygen atoms in total. The van der Waals surface area contributed by atoms with Gasteiger partial charge in [-0.25, -0.2) is 4.72 Å². The lowest BCUT2D eigenvalue weighted by atomic mass is 9.90. The van der Waals surface area contributed by atoms with E-state index in [2.05, 4.69) is 10.8 Å². The van der Waals surface area contributed by atoms with Gasteiger partial charge in [0, 0.05) is 18.1 Å². The van der Waals surface area contributed by atoms with Crippen molar-refractivity contribution in [3.63, 3.8) is 0 Å². The molecule has 0 spiro atoms. The fourth-order valence-corrected chi connectivity index (χ4v) is 4.69. The molecule has 1 aliphatic heterocycles. The summed E-state index contributed by atoms with van der Waals surface area (Å²) in [6, 6.07) is 15.0. The minimum Gasteiger partial charge on any atom is -0.202 e. The van der Waals surface area contributed by atoms with E-state index in [1.54, 1.807) is 13.0 Å². The number of benzene rings is 2. The summed E-state index contributed by atoms with van der Waals surface area (Å²) in [5.74, 6) is 0. The monoisotopic (exact) mass is 350 g/mol. The molecular weight excluding hydrogens is 332 g/mol. The molecule has 0 fully saturated rings. The van der Waals surface area contributed by atoms with Gasteiger partial charge in [0.15, 0.2) is 0 Å². The summed E-state index contributed by atoms with van der Waals surface area (Å²) in [5.41, 5.74) is 2.97. The van der Waals surface area contributed by atoms with E-state index in [1.807, 2.05) is 36.4 Å². The SMILES string of the molecule is CCNS(=O)(=O)N1CCc2ccccc2C1c1ccccc1Cl. The van der Waals surface area contributed by atoms with E-state index in [9.17, 15) is 8.42 Å². The van der Waals surface area contributed by atoms with E-state index in [0.717, 1.165) is 11.1 Å². The second-order valence-electron chi connectivity index (χ2n) is 5.49. The molecular formula is C17H19ClN2O2S. The van der Waals surface area contributed by atoms with Crippen molar-refractivity contribution in [2.75, 3.05) is 13.1 Å². The molecule has 1 heterocycles. The van der Waals surface area contributed by atoms with E-state index in [0.29, 0.717) is 24.5 Å². The van der Waals surface area contributed by atoms with Crippen molar-refractivity contribution in [3.05, 3.63) is 70.2 Å². The van der Waals surface area contributed by atoms with Crippen LogP contribution in [0.2, 0.25) is 5.02 Å². The van der Waals surface area contributed by atoms with Crippen LogP contribution in [0.25, 0.3) is 0 Å². The Bertz CT molecular complexity index is 808. The van der Waals surface area contributed by atoms with Crippen LogP contribution in [0.3, 0.4) is 0 Å². The predicted molar refractivity (Wildman–Crippen MR) is 92.7 cm³/mol. The molecule has 1 N–H and O–H groups in total. The average Bonchev–Trinajstić information content (AvgIpc) is 2.54. The topological polar surface area (TPSA) is 49.4 Å². The Labute approximate surface area is 142 Å². The molecule has 0 bridgehead atoms. The van der Waals surface area contributed by atoms with Crippen molar-refractivity contribution in [2.45, 2.75) is 19.4 Å². The highest BCUT2D eigenvalue weighted by molar-refractivity contribution is 7.87. The lowest BCUT2D eigenvalue weighted by molar-refractivity contribution is 0.339. The van der Waals surface area contributed by atoms with Gasteiger partial charge in [0.1, 0.15) is 0 Å². The molecule has 6 heteroatoms. The molecule has 0 saturated heterocycles. The molecule has 0 radical (unpaired) electrons. The molecule has 2 aromatic rings. The summed E-state index contributed by atoms with van der Waals surface area (Å²) in [4.78, 5) is 0. The number of hydrogen-bond donors (Lipinski definition) is 1. The zero-order chi connectivity index (χ0) is 16.4. The number of rotatable bonds is 4. The maximum Gasteiger partial charge on any atom is 0.280 e. The van der Waals surface area contributed by atoms with Gasteiger partial charge in [-0.05, 0) is 29.2 Å². The highest BCUT2D eigenvalue weighted by Gasteiger charge is 2.36. The minimum atomic E-state index is -3.57. The van der Waals surface area contributed by atoms with Crippen LogP contribution in [-0.4, -0.2) is 25.8 Å². The molecule has 1 atom stereocenters. The standard InChI is InChI=1S/C17H19ClN2O2S/c1-2-19-23(21,22)20-12-11-13-7-3-4-8-14(13)17(20)15-9-5-6-10-16(15)18/h3-10,17,19H,2,11-12H2,1H3. The summed E-state index contributed by atoms with van der Waals surface area (Å²) in [7, 11) is -3.57. The van der Waals surface area contributed by atoms with Crippen LogP contribution < -0.4 is 4.72 Å². The number of nitrogens with zero attached hydrogens (tertiary/aromatic N) is 1. The number of fused-ring (bicyclic) bond motifs is 1. The van der Waals surface area contributed by atoms with Crippen LogP contribution in [0.5, 0.6) is 0 Å². The molecule has 0 saturated carbocycles. The Balaban J connectivity index is 2.17. The molecule has 0 aliphatic carbocycles. The van der Waals surface area contributed by atoms with Gasteiger partial charge in [0.25, 0.3) is 10.2 Å². The van der Waals surface area contributed by atoms with Gasteiger partial charge in [-0.1, -0.05) is 61.0 Å². The van der Waals surface area contributed by atoms with Gasteiger partial charge in [-0.3, -0.25) is 0 Å². The summed E-state index contributed by atoms with van der Waals surface area (Å²) in [6.45, 7) is 2.57. The van der Waals surface area contributed by atoms with Gasteiger partial charge in [0.2, 0.25) is 0 Å². The fourth-order valence-electron chi connectivity index (χ4n) is 3.09. The van der Waals surface area contributed by atoms with E-state index in [1.165, 1.54) is 9.87 Å². The van der Waals surface area contributed by atoms with Crippen LogP contribution in [0.4, 0.5) is 0 Å². The number of halogens is 1. The van der Waals surface area contributed by atoms with Crippen molar-refractivity contribution in [1.29, 1.82) is 0 Å². The highest BCUT2D eigenvalue weighted by Crippen LogP contribution is 2.39. The van der Waals surface area contributed by atoms with E-state index in [-0.39, 0.29) is 0 Å². The van der Waals surface area contributed by atoms with Crippen molar-refractivity contribution in [3.8, 4) is 0 Å². The van der Waals surface area contributed by atoms with Crippen molar-refractivity contribution < 1.29 is 8.42 Å². The van der Waals surface area contributed by atoms with E-state index >= 15 is 0 Å². The van der Waals surface area contributed by atoms with Gasteiger partial charge >= 0.3 is 0 Å². The van der Waals surface area contributed by atoms with Gasteiger partial charge in [-0.15, -0.1) is 0 Å². The second kappa shape index (κ2) is 6.61. The smallest absolute Gasteiger partial charge is 0.202 e. The zero-order valence-corrected chi connectivity index (χ0v) is 14.4. The normalized spacial score (nSPS) is 18.6. The molecule has 1 unspecified atom stereocenters. The maximum absolute atomic E-state index is 12.7. The van der Waals surface area contributed by atoms with E-state index < -0.39 is 16.3 Å². The van der Waals surface area contributed by atoms with Crippen molar-refractivity contribution in [2.24, 2.45) is 0 Å². The quantitative estimate of drug-likeness (QED) is 0.920. The average molecular weight is 351 g/mol. The Morgan fingerprint density at radius 3 is 2.48 bits per heavy atom. The van der Waals surface area contributed by atoms with Crippen LogP contribution in [0.1, 0.15) is 29.7 Å². The lowest BCUT2D eigenvalue weighted by Crippen LogP contribution is -2.46. The second-order valence-corrected chi connectivity index (χ2v) is 7.60.